The summed E-state index contributed by atoms with van der Waals surface area (Å²) < 4.78 is 39.7. The van der Waals surface area contributed by atoms with Crippen molar-refractivity contribution in [2.75, 3.05) is 10.8 Å². The third-order valence-electron chi connectivity index (χ3n) is 3.25. The Morgan fingerprint density at radius 2 is 1.71 bits per heavy atom. The lowest BCUT2D eigenvalue weighted by molar-refractivity contribution is -0.117. The largest absolute Gasteiger partial charge is 0.370 e. The van der Waals surface area contributed by atoms with Gasteiger partial charge in [0.2, 0.25) is 5.91 Å². The monoisotopic (exact) mass is 347 g/mol. The van der Waals surface area contributed by atoms with Crippen LogP contribution >= 0.6 is 0 Å². The molecule has 2 N–H and O–H groups in total. The number of nitrogens with two attached hydrogens (primary N) is 1. The lowest BCUT2D eigenvalue weighted by Crippen LogP contribution is -2.34. The van der Waals surface area contributed by atoms with Crippen molar-refractivity contribution in [3.63, 3.8) is 0 Å². The van der Waals surface area contributed by atoms with Gasteiger partial charge >= 0.3 is 0 Å². The van der Waals surface area contributed by atoms with Gasteiger partial charge in [-0.3, -0.25) is 9.10 Å². The first-order valence-electron chi connectivity index (χ1n) is 6.91. The minimum Gasteiger partial charge on any atom is -0.370 e. The summed E-state index contributed by atoms with van der Waals surface area (Å²) in [6.07, 6.45) is -0.188. The maximum absolute atomic E-state index is 13.1. The zero-order valence-corrected chi connectivity index (χ0v) is 13.3. The lowest BCUT2D eigenvalue weighted by Gasteiger charge is -2.24. The molecule has 1 amide bonds. The van der Waals surface area contributed by atoms with E-state index in [0.29, 0.717) is 5.56 Å². The van der Waals surface area contributed by atoms with Crippen molar-refractivity contribution < 1.29 is 17.6 Å². The number of amides is 1. The highest BCUT2D eigenvalue weighted by atomic mass is 32.2. The number of halogens is 1. The predicted molar refractivity (Wildman–Crippen MR) is 85.9 cm³/mol. The fraction of sp³-hybridized carbons (Fsp3) is 0.125. The van der Waals surface area contributed by atoms with Crippen LogP contribution in [0.3, 0.4) is 0 Å². The van der Waals surface area contributed by atoms with Crippen LogP contribution in [0.4, 0.5) is 10.1 Å². The maximum Gasteiger partial charge on any atom is 0.264 e. The summed E-state index contributed by atoms with van der Waals surface area (Å²) in [7, 11) is -3.99. The Labute approximate surface area is 139 Å². The van der Waals surface area contributed by atoms with Crippen LogP contribution in [-0.2, 0) is 14.8 Å². The number of primary amides is 1. The predicted octanol–water partition coefficient (Wildman–Crippen LogP) is 1.77. The molecule has 0 radical (unpaired) electrons. The summed E-state index contributed by atoms with van der Waals surface area (Å²) in [6, 6.07) is 12.1. The van der Waals surface area contributed by atoms with Crippen molar-refractivity contribution in [3.05, 3.63) is 59.9 Å². The lowest BCUT2D eigenvalue weighted by atomic mass is 10.2. The second kappa shape index (κ2) is 7.10. The van der Waals surface area contributed by atoms with E-state index in [1.807, 2.05) is 6.07 Å². The van der Waals surface area contributed by atoms with E-state index >= 15 is 0 Å². The number of hydrogen-bond acceptors (Lipinski definition) is 4. The van der Waals surface area contributed by atoms with Crippen LogP contribution in [0.15, 0.2) is 53.4 Å². The number of sulfonamides is 1. The Kier molecular flexibility index (Phi) is 5.16. The first-order chi connectivity index (χ1) is 11.3. The quantitative estimate of drug-likeness (QED) is 0.860. The van der Waals surface area contributed by atoms with Gasteiger partial charge in [0, 0.05) is 13.0 Å². The van der Waals surface area contributed by atoms with Crippen LogP contribution in [0.1, 0.15) is 12.0 Å². The highest BCUT2D eigenvalue weighted by Gasteiger charge is 2.25. The maximum atomic E-state index is 13.1. The fourth-order valence-corrected chi connectivity index (χ4v) is 3.50. The molecule has 0 unspecified atom stereocenters. The third-order valence-corrected chi connectivity index (χ3v) is 5.09. The second-order valence-corrected chi connectivity index (χ2v) is 6.77. The summed E-state index contributed by atoms with van der Waals surface area (Å²) in [5.74, 6) is -1.17. The highest BCUT2D eigenvalue weighted by molar-refractivity contribution is 7.92. The van der Waals surface area contributed by atoms with E-state index in [1.165, 1.54) is 36.4 Å². The van der Waals surface area contributed by atoms with Gasteiger partial charge in [0.25, 0.3) is 10.0 Å². The zero-order valence-electron chi connectivity index (χ0n) is 12.5. The van der Waals surface area contributed by atoms with Crippen molar-refractivity contribution in [2.24, 2.45) is 5.73 Å². The van der Waals surface area contributed by atoms with E-state index in [4.69, 9.17) is 11.0 Å². The van der Waals surface area contributed by atoms with E-state index in [-0.39, 0.29) is 23.5 Å². The Morgan fingerprint density at radius 3 is 2.21 bits per heavy atom. The van der Waals surface area contributed by atoms with E-state index in [2.05, 4.69) is 0 Å². The molecule has 6 nitrogen and oxygen atoms in total. The highest BCUT2D eigenvalue weighted by Crippen LogP contribution is 2.24. The van der Waals surface area contributed by atoms with E-state index in [1.54, 1.807) is 0 Å². The van der Waals surface area contributed by atoms with Gasteiger partial charge in [0.05, 0.1) is 22.2 Å². The summed E-state index contributed by atoms with van der Waals surface area (Å²) in [4.78, 5) is 11.0. The number of carbonyl (C=O) groups excluding carboxylic acids is 1. The third kappa shape index (κ3) is 3.88. The molecule has 0 aliphatic carbocycles. The van der Waals surface area contributed by atoms with Crippen molar-refractivity contribution >= 4 is 21.6 Å². The number of nitrogens with zero attached hydrogens (tertiary/aromatic N) is 2. The second-order valence-electron chi connectivity index (χ2n) is 4.91. The number of carbonyl (C=O) groups is 1. The summed E-state index contributed by atoms with van der Waals surface area (Å²) >= 11 is 0. The van der Waals surface area contributed by atoms with Crippen LogP contribution in [0.5, 0.6) is 0 Å². The molecule has 0 saturated heterocycles. The van der Waals surface area contributed by atoms with Gasteiger partial charge in [-0.25, -0.2) is 12.8 Å². The van der Waals surface area contributed by atoms with Gasteiger partial charge in [-0.05, 0) is 48.5 Å². The molecule has 0 fully saturated rings. The number of rotatable bonds is 6. The SMILES string of the molecule is N#Cc1ccc(S(=O)(=O)N(CCC(N)=O)c2ccc(F)cc2)cc1. The van der Waals surface area contributed by atoms with Gasteiger partial charge in [-0.2, -0.15) is 5.26 Å². The summed E-state index contributed by atoms with van der Waals surface area (Å²) in [6.45, 7) is -0.177. The molecule has 2 rings (SSSR count). The molecule has 0 atom stereocenters. The number of benzene rings is 2. The molecule has 124 valence electrons. The topological polar surface area (TPSA) is 104 Å². The van der Waals surface area contributed by atoms with Gasteiger partial charge < -0.3 is 5.73 Å². The van der Waals surface area contributed by atoms with Crippen LogP contribution in [0, 0.1) is 17.1 Å². The molecular formula is C16H14FN3O3S. The Balaban J connectivity index is 2.45. The molecule has 0 aliphatic heterocycles. The van der Waals surface area contributed by atoms with Crippen LogP contribution in [0.25, 0.3) is 0 Å². The van der Waals surface area contributed by atoms with Gasteiger partial charge in [-0.1, -0.05) is 0 Å². The van der Waals surface area contributed by atoms with Gasteiger partial charge in [0.15, 0.2) is 0 Å². The minimum atomic E-state index is -3.99. The molecule has 0 saturated carbocycles. The van der Waals surface area contributed by atoms with Crippen LogP contribution in [-0.4, -0.2) is 20.9 Å². The molecule has 0 aromatic heterocycles. The first-order valence-corrected chi connectivity index (χ1v) is 8.35. The number of anilines is 1. The fourth-order valence-electron chi connectivity index (χ4n) is 2.04. The van der Waals surface area contributed by atoms with E-state index in [0.717, 1.165) is 16.4 Å². The summed E-state index contributed by atoms with van der Waals surface area (Å²) in [5, 5.41) is 8.79. The van der Waals surface area contributed by atoms with Gasteiger partial charge in [-0.15, -0.1) is 0 Å². The molecular weight excluding hydrogens is 333 g/mol. The number of hydrogen-bond donors (Lipinski definition) is 1. The van der Waals surface area contributed by atoms with Crippen molar-refractivity contribution in [1.29, 1.82) is 5.26 Å². The number of nitriles is 1. The molecule has 2 aromatic carbocycles. The van der Waals surface area contributed by atoms with Crippen LogP contribution in [0.2, 0.25) is 0 Å². The summed E-state index contributed by atoms with van der Waals surface area (Å²) in [5.41, 5.74) is 5.64. The Hall–Kier alpha value is -2.92. The van der Waals surface area contributed by atoms with E-state index in [9.17, 15) is 17.6 Å². The molecule has 8 heteroatoms. The normalized spacial score (nSPS) is 10.8. The van der Waals surface area contributed by atoms with E-state index < -0.39 is 21.7 Å². The Morgan fingerprint density at radius 1 is 1.12 bits per heavy atom. The molecule has 0 spiro atoms. The first kappa shape index (κ1) is 17.4. The molecule has 0 aliphatic rings. The standard InChI is InChI=1S/C16H14FN3O3S/c17-13-3-5-14(6-4-13)20(10-9-16(19)21)24(22,23)15-7-1-12(11-18)2-8-15/h1-8H,9-10H2,(H2,19,21). The van der Waals surface area contributed by atoms with Crippen LogP contribution < -0.4 is 10.0 Å². The minimum absolute atomic E-state index is 0.0460. The molecule has 2 aromatic rings. The average molecular weight is 347 g/mol. The van der Waals surface area contributed by atoms with Gasteiger partial charge in [0.1, 0.15) is 5.82 Å². The van der Waals surface area contributed by atoms with Crippen molar-refractivity contribution in [3.8, 4) is 6.07 Å². The van der Waals surface area contributed by atoms with Crippen molar-refractivity contribution in [1.82, 2.24) is 0 Å². The average Bonchev–Trinajstić information content (AvgIpc) is 2.56. The molecule has 0 bridgehead atoms. The smallest absolute Gasteiger partial charge is 0.264 e. The van der Waals surface area contributed by atoms with Crippen molar-refractivity contribution in [2.45, 2.75) is 11.3 Å². The molecule has 24 heavy (non-hydrogen) atoms. The zero-order chi connectivity index (χ0) is 17.7. The molecule has 0 heterocycles. The Bertz CT molecular complexity index is 872.